The second-order valence-corrected chi connectivity index (χ2v) is 7.23. The topological polar surface area (TPSA) is 104 Å². The van der Waals surface area contributed by atoms with E-state index in [0.29, 0.717) is 37.4 Å². The standard InChI is InChI=1S/C20H26N6O2/c1-13(2)18-22-14(3)11-17(24-18)25-7-9-26(10-8-25)19(27)15-5-4-6-16(12-15)23-20(21)28/h4-6,11-13H,7-10H2,1-3H3,(H3,21,23,28). The number of nitrogens with two attached hydrogens (primary N) is 1. The SMILES string of the molecule is Cc1cc(N2CCN(C(=O)c3cccc(NC(N)=O)c3)CC2)nc(C(C)C)n1. The van der Waals surface area contributed by atoms with Crippen molar-refractivity contribution in [2.75, 3.05) is 36.4 Å². The minimum Gasteiger partial charge on any atom is -0.353 e. The Hall–Kier alpha value is -3.16. The summed E-state index contributed by atoms with van der Waals surface area (Å²) in [7, 11) is 0. The summed E-state index contributed by atoms with van der Waals surface area (Å²) in [5, 5.41) is 2.50. The predicted molar refractivity (Wildman–Crippen MR) is 109 cm³/mol. The van der Waals surface area contributed by atoms with Crippen LogP contribution in [0, 0.1) is 6.92 Å². The van der Waals surface area contributed by atoms with Crippen molar-refractivity contribution in [3.8, 4) is 0 Å². The van der Waals surface area contributed by atoms with E-state index in [1.54, 1.807) is 24.3 Å². The van der Waals surface area contributed by atoms with E-state index in [2.05, 4.69) is 34.0 Å². The average molecular weight is 382 g/mol. The molecule has 1 saturated heterocycles. The highest BCUT2D eigenvalue weighted by Crippen LogP contribution is 2.20. The van der Waals surface area contributed by atoms with Crippen LogP contribution in [0.1, 0.15) is 41.6 Å². The number of aryl methyl sites for hydroxylation is 1. The van der Waals surface area contributed by atoms with Gasteiger partial charge in [0.2, 0.25) is 0 Å². The molecule has 8 nitrogen and oxygen atoms in total. The Morgan fingerprint density at radius 1 is 1.11 bits per heavy atom. The molecule has 2 heterocycles. The van der Waals surface area contributed by atoms with E-state index < -0.39 is 6.03 Å². The molecule has 1 aromatic carbocycles. The van der Waals surface area contributed by atoms with Gasteiger partial charge in [-0.3, -0.25) is 4.79 Å². The van der Waals surface area contributed by atoms with Crippen molar-refractivity contribution in [1.82, 2.24) is 14.9 Å². The van der Waals surface area contributed by atoms with Gasteiger partial charge in [0.1, 0.15) is 11.6 Å². The number of hydrogen-bond donors (Lipinski definition) is 2. The largest absolute Gasteiger partial charge is 0.353 e. The first-order valence-electron chi connectivity index (χ1n) is 9.40. The molecule has 0 aliphatic carbocycles. The maximum absolute atomic E-state index is 12.8. The summed E-state index contributed by atoms with van der Waals surface area (Å²) in [6.45, 7) is 8.76. The number of nitrogens with one attached hydrogen (secondary N) is 1. The molecule has 3 amide bonds. The lowest BCUT2D eigenvalue weighted by molar-refractivity contribution is 0.0746. The van der Waals surface area contributed by atoms with Gasteiger partial charge < -0.3 is 20.9 Å². The van der Waals surface area contributed by atoms with E-state index >= 15 is 0 Å². The normalized spacial score (nSPS) is 14.3. The molecule has 28 heavy (non-hydrogen) atoms. The van der Waals surface area contributed by atoms with Crippen molar-refractivity contribution in [2.24, 2.45) is 5.73 Å². The molecule has 2 aromatic rings. The Morgan fingerprint density at radius 3 is 2.46 bits per heavy atom. The first-order valence-corrected chi connectivity index (χ1v) is 9.40. The lowest BCUT2D eigenvalue weighted by Crippen LogP contribution is -2.49. The Labute approximate surface area is 164 Å². The zero-order chi connectivity index (χ0) is 20.3. The van der Waals surface area contributed by atoms with Gasteiger partial charge in [-0.15, -0.1) is 0 Å². The molecular weight excluding hydrogens is 356 g/mol. The Kier molecular flexibility index (Phi) is 5.77. The number of anilines is 2. The molecular formula is C20H26N6O2. The summed E-state index contributed by atoms with van der Waals surface area (Å²) in [4.78, 5) is 37.0. The fourth-order valence-corrected chi connectivity index (χ4v) is 3.19. The third kappa shape index (κ3) is 4.57. The summed E-state index contributed by atoms with van der Waals surface area (Å²) in [5.41, 5.74) is 7.13. The van der Waals surface area contributed by atoms with Crippen LogP contribution in [0.25, 0.3) is 0 Å². The molecule has 1 aliphatic rings. The van der Waals surface area contributed by atoms with E-state index in [4.69, 9.17) is 5.73 Å². The number of primary amides is 1. The molecule has 3 N–H and O–H groups in total. The molecule has 3 rings (SSSR count). The second-order valence-electron chi connectivity index (χ2n) is 7.23. The molecule has 0 spiro atoms. The molecule has 1 fully saturated rings. The molecule has 1 aliphatic heterocycles. The summed E-state index contributed by atoms with van der Waals surface area (Å²) in [5.74, 6) is 1.96. The zero-order valence-electron chi connectivity index (χ0n) is 16.5. The van der Waals surface area contributed by atoms with Crippen LogP contribution >= 0.6 is 0 Å². The minimum atomic E-state index is -0.654. The minimum absolute atomic E-state index is 0.0606. The summed E-state index contributed by atoms with van der Waals surface area (Å²) >= 11 is 0. The van der Waals surface area contributed by atoms with Crippen LogP contribution in [0.15, 0.2) is 30.3 Å². The molecule has 148 valence electrons. The first kappa shape index (κ1) is 19.6. The van der Waals surface area contributed by atoms with Gasteiger partial charge >= 0.3 is 6.03 Å². The molecule has 0 unspecified atom stereocenters. The molecule has 1 aromatic heterocycles. The second kappa shape index (κ2) is 8.24. The van der Waals surface area contributed by atoms with Gasteiger partial charge in [-0.05, 0) is 25.1 Å². The Balaban J connectivity index is 1.67. The third-order valence-electron chi connectivity index (χ3n) is 4.64. The van der Waals surface area contributed by atoms with Gasteiger partial charge in [0, 0.05) is 55.1 Å². The number of benzene rings is 1. The number of hydrogen-bond acceptors (Lipinski definition) is 5. The molecule has 0 saturated carbocycles. The smallest absolute Gasteiger partial charge is 0.316 e. The third-order valence-corrected chi connectivity index (χ3v) is 4.64. The number of aromatic nitrogens is 2. The van der Waals surface area contributed by atoms with Crippen LogP contribution in [0.5, 0.6) is 0 Å². The van der Waals surface area contributed by atoms with Gasteiger partial charge in [0.25, 0.3) is 5.91 Å². The lowest BCUT2D eigenvalue weighted by atomic mass is 10.1. The van der Waals surface area contributed by atoms with E-state index in [-0.39, 0.29) is 11.8 Å². The van der Waals surface area contributed by atoms with Crippen LogP contribution in [0.4, 0.5) is 16.3 Å². The van der Waals surface area contributed by atoms with Crippen molar-refractivity contribution in [3.63, 3.8) is 0 Å². The highest BCUT2D eigenvalue weighted by molar-refractivity contribution is 5.96. The fourth-order valence-electron chi connectivity index (χ4n) is 3.19. The number of amides is 3. The van der Waals surface area contributed by atoms with Crippen molar-refractivity contribution < 1.29 is 9.59 Å². The van der Waals surface area contributed by atoms with Crippen LogP contribution in [0.2, 0.25) is 0 Å². The monoisotopic (exact) mass is 382 g/mol. The summed E-state index contributed by atoms with van der Waals surface area (Å²) in [6, 6.07) is 8.14. The predicted octanol–water partition coefficient (Wildman–Crippen LogP) is 2.36. The number of carbonyl (C=O) groups excluding carboxylic acids is 2. The van der Waals surface area contributed by atoms with Crippen molar-refractivity contribution in [2.45, 2.75) is 26.7 Å². The van der Waals surface area contributed by atoms with Gasteiger partial charge in [-0.1, -0.05) is 19.9 Å². The van der Waals surface area contributed by atoms with Gasteiger partial charge in [-0.2, -0.15) is 0 Å². The number of rotatable bonds is 4. The lowest BCUT2D eigenvalue weighted by Gasteiger charge is -2.35. The number of nitrogens with zero attached hydrogens (tertiary/aromatic N) is 4. The van der Waals surface area contributed by atoms with Gasteiger partial charge in [0.05, 0.1) is 0 Å². The van der Waals surface area contributed by atoms with Crippen molar-refractivity contribution >= 4 is 23.4 Å². The highest BCUT2D eigenvalue weighted by atomic mass is 16.2. The molecule has 0 atom stereocenters. The van der Waals surface area contributed by atoms with Crippen LogP contribution in [0.3, 0.4) is 0 Å². The number of piperazine rings is 1. The fraction of sp³-hybridized carbons (Fsp3) is 0.400. The maximum Gasteiger partial charge on any atom is 0.316 e. The van der Waals surface area contributed by atoms with E-state index in [1.165, 1.54) is 0 Å². The van der Waals surface area contributed by atoms with E-state index in [9.17, 15) is 9.59 Å². The Bertz CT molecular complexity index is 875. The molecule has 0 bridgehead atoms. The summed E-state index contributed by atoms with van der Waals surface area (Å²) < 4.78 is 0. The maximum atomic E-state index is 12.8. The van der Waals surface area contributed by atoms with Crippen LogP contribution in [-0.2, 0) is 0 Å². The summed E-state index contributed by atoms with van der Waals surface area (Å²) in [6.07, 6.45) is 0. The average Bonchev–Trinajstić information content (AvgIpc) is 2.66. The first-order chi connectivity index (χ1) is 13.3. The zero-order valence-corrected chi connectivity index (χ0v) is 16.5. The quantitative estimate of drug-likeness (QED) is 0.845. The number of urea groups is 1. The highest BCUT2D eigenvalue weighted by Gasteiger charge is 2.23. The van der Waals surface area contributed by atoms with E-state index in [1.807, 2.05) is 17.9 Å². The van der Waals surface area contributed by atoms with Crippen molar-refractivity contribution in [3.05, 3.63) is 47.4 Å². The number of carbonyl (C=O) groups is 2. The Morgan fingerprint density at radius 2 is 1.82 bits per heavy atom. The van der Waals surface area contributed by atoms with Crippen LogP contribution in [-0.4, -0.2) is 53.0 Å². The van der Waals surface area contributed by atoms with Crippen molar-refractivity contribution in [1.29, 1.82) is 0 Å². The van der Waals surface area contributed by atoms with Gasteiger partial charge in [0.15, 0.2) is 0 Å². The van der Waals surface area contributed by atoms with E-state index in [0.717, 1.165) is 17.3 Å². The molecule has 8 heteroatoms. The van der Waals surface area contributed by atoms with Gasteiger partial charge in [-0.25, -0.2) is 14.8 Å². The molecule has 0 radical (unpaired) electrons. The van der Waals surface area contributed by atoms with Crippen LogP contribution < -0.4 is 16.0 Å².